The van der Waals surface area contributed by atoms with Gasteiger partial charge in [0.1, 0.15) is 17.1 Å². The van der Waals surface area contributed by atoms with Crippen molar-refractivity contribution in [2.75, 3.05) is 14.2 Å². The smallest absolute Gasteiger partial charge is 0.353 e. The lowest BCUT2D eigenvalue weighted by atomic mass is 10.1. The zero-order valence-electron chi connectivity index (χ0n) is 11.7. The molecule has 0 N–H and O–H groups in total. The minimum Gasteiger partial charge on any atom is -0.496 e. The lowest BCUT2D eigenvalue weighted by molar-refractivity contribution is 0.0394. The third-order valence-electron chi connectivity index (χ3n) is 2.83. The van der Waals surface area contributed by atoms with Gasteiger partial charge in [0.2, 0.25) is 0 Å². The summed E-state index contributed by atoms with van der Waals surface area (Å²) in [5.41, 5.74) is 0.367. The quantitative estimate of drug-likeness (QED) is 0.639. The van der Waals surface area contributed by atoms with Gasteiger partial charge in [-0.2, -0.15) is 0 Å². The third-order valence-corrected chi connectivity index (χ3v) is 2.83. The molecule has 0 saturated heterocycles. The minimum absolute atomic E-state index is 0.0757. The first-order valence-electron chi connectivity index (χ1n) is 6.20. The van der Waals surface area contributed by atoms with Crippen LogP contribution in [0.4, 0.5) is 0 Å². The SMILES string of the molecule is COc1cccc(OC)c1C(=O)OC(=O)c1ccccc1. The number of hydrogen-bond acceptors (Lipinski definition) is 5. The Morgan fingerprint density at radius 1 is 0.762 bits per heavy atom. The monoisotopic (exact) mass is 286 g/mol. The number of benzene rings is 2. The molecule has 2 aromatic carbocycles. The Bertz CT molecular complexity index is 627. The first-order chi connectivity index (χ1) is 10.2. The fourth-order valence-corrected chi connectivity index (χ4v) is 1.82. The number of methoxy groups -OCH3 is 2. The molecule has 0 atom stereocenters. The zero-order valence-corrected chi connectivity index (χ0v) is 11.7. The Labute approximate surface area is 122 Å². The summed E-state index contributed by atoms with van der Waals surface area (Å²) < 4.78 is 15.1. The van der Waals surface area contributed by atoms with Crippen LogP contribution in [0.25, 0.3) is 0 Å². The van der Waals surface area contributed by atoms with Crippen LogP contribution >= 0.6 is 0 Å². The highest BCUT2D eigenvalue weighted by Gasteiger charge is 2.22. The molecule has 0 spiro atoms. The van der Waals surface area contributed by atoms with Crippen molar-refractivity contribution in [1.82, 2.24) is 0 Å². The van der Waals surface area contributed by atoms with Gasteiger partial charge in [-0.1, -0.05) is 24.3 Å². The van der Waals surface area contributed by atoms with Crippen LogP contribution in [0, 0.1) is 0 Å². The topological polar surface area (TPSA) is 61.8 Å². The molecule has 5 nitrogen and oxygen atoms in total. The Morgan fingerprint density at radius 2 is 1.33 bits per heavy atom. The summed E-state index contributed by atoms with van der Waals surface area (Å²) in [6, 6.07) is 13.1. The standard InChI is InChI=1S/C16H14O5/c1-19-12-9-6-10-13(20-2)14(12)16(18)21-15(17)11-7-4-3-5-8-11/h3-10H,1-2H3. The van der Waals surface area contributed by atoms with Gasteiger partial charge in [-0.25, -0.2) is 9.59 Å². The Balaban J connectivity index is 2.27. The van der Waals surface area contributed by atoms with Crippen LogP contribution in [-0.2, 0) is 4.74 Å². The summed E-state index contributed by atoms with van der Waals surface area (Å²) in [4.78, 5) is 24.1. The molecule has 2 rings (SSSR count). The molecule has 0 amide bonds. The van der Waals surface area contributed by atoms with Crippen molar-refractivity contribution in [2.45, 2.75) is 0 Å². The minimum atomic E-state index is -0.821. The first-order valence-corrected chi connectivity index (χ1v) is 6.20. The number of rotatable bonds is 4. The van der Waals surface area contributed by atoms with E-state index in [-0.39, 0.29) is 17.1 Å². The molecule has 0 aromatic heterocycles. The number of esters is 2. The van der Waals surface area contributed by atoms with E-state index < -0.39 is 11.9 Å². The van der Waals surface area contributed by atoms with Crippen molar-refractivity contribution in [2.24, 2.45) is 0 Å². The van der Waals surface area contributed by atoms with Crippen LogP contribution in [0.5, 0.6) is 11.5 Å². The molecule has 0 saturated carbocycles. The van der Waals surface area contributed by atoms with Gasteiger partial charge in [0.05, 0.1) is 19.8 Å². The fraction of sp³-hybridized carbons (Fsp3) is 0.125. The van der Waals surface area contributed by atoms with Crippen molar-refractivity contribution >= 4 is 11.9 Å². The third kappa shape index (κ3) is 3.20. The summed E-state index contributed by atoms with van der Waals surface area (Å²) >= 11 is 0. The van der Waals surface area contributed by atoms with Crippen molar-refractivity contribution in [3.63, 3.8) is 0 Å². The normalized spacial score (nSPS) is 9.81. The van der Waals surface area contributed by atoms with E-state index in [1.165, 1.54) is 14.2 Å². The van der Waals surface area contributed by atoms with Crippen LogP contribution in [-0.4, -0.2) is 26.2 Å². The molecule has 108 valence electrons. The predicted molar refractivity (Wildman–Crippen MR) is 75.7 cm³/mol. The highest BCUT2D eigenvalue weighted by atomic mass is 16.6. The molecule has 5 heteroatoms. The van der Waals surface area contributed by atoms with Crippen LogP contribution < -0.4 is 9.47 Å². The van der Waals surface area contributed by atoms with Gasteiger partial charge in [-0.3, -0.25) is 0 Å². The predicted octanol–water partition coefficient (Wildman–Crippen LogP) is 2.70. The Hall–Kier alpha value is -2.82. The van der Waals surface area contributed by atoms with Crippen molar-refractivity contribution in [3.8, 4) is 11.5 Å². The highest BCUT2D eigenvalue weighted by Crippen LogP contribution is 2.29. The number of carbonyl (C=O) groups excluding carboxylic acids is 2. The van der Waals surface area contributed by atoms with Gasteiger partial charge < -0.3 is 14.2 Å². The molecular weight excluding hydrogens is 272 g/mol. The van der Waals surface area contributed by atoms with E-state index >= 15 is 0 Å². The van der Waals surface area contributed by atoms with E-state index in [1.54, 1.807) is 48.5 Å². The molecular formula is C16H14O5. The average Bonchev–Trinajstić information content (AvgIpc) is 2.54. The van der Waals surface area contributed by atoms with Crippen molar-refractivity contribution < 1.29 is 23.8 Å². The van der Waals surface area contributed by atoms with E-state index in [4.69, 9.17) is 14.2 Å². The van der Waals surface area contributed by atoms with E-state index in [9.17, 15) is 9.59 Å². The second kappa shape index (κ2) is 6.56. The average molecular weight is 286 g/mol. The Morgan fingerprint density at radius 3 is 1.86 bits per heavy atom. The van der Waals surface area contributed by atoms with Gasteiger partial charge in [0.25, 0.3) is 0 Å². The maximum Gasteiger partial charge on any atom is 0.353 e. The zero-order chi connectivity index (χ0) is 15.2. The maximum absolute atomic E-state index is 12.2. The van der Waals surface area contributed by atoms with E-state index in [1.807, 2.05) is 0 Å². The summed E-state index contributed by atoms with van der Waals surface area (Å²) in [5.74, 6) is -0.993. The second-order valence-corrected chi connectivity index (χ2v) is 4.08. The van der Waals surface area contributed by atoms with Gasteiger partial charge >= 0.3 is 11.9 Å². The lowest BCUT2D eigenvalue weighted by Gasteiger charge is -2.11. The molecule has 0 radical (unpaired) electrons. The summed E-state index contributed by atoms with van der Waals surface area (Å²) in [6.45, 7) is 0. The van der Waals surface area contributed by atoms with Gasteiger partial charge in [-0.15, -0.1) is 0 Å². The van der Waals surface area contributed by atoms with Crippen LogP contribution in [0.15, 0.2) is 48.5 Å². The molecule has 0 aliphatic rings. The summed E-state index contributed by atoms with van der Waals surface area (Å²) in [5, 5.41) is 0. The highest BCUT2D eigenvalue weighted by molar-refractivity contribution is 6.05. The van der Waals surface area contributed by atoms with Crippen LogP contribution in [0.3, 0.4) is 0 Å². The van der Waals surface area contributed by atoms with Crippen LogP contribution in [0.1, 0.15) is 20.7 Å². The second-order valence-electron chi connectivity index (χ2n) is 4.08. The van der Waals surface area contributed by atoms with Gasteiger partial charge in [0, 0.05) is 0 Å². The molecule has 0 aliphatic heterocycles. The van der Waals surface area contributed by atoms with Gasteiger partial charge in [-0.05, 0) is 24.3 Å². The summed E-state index contributed by atoms with van der Waals surface area (Å²) in [7, 11) is 2.84. The molecule has 21 heavy (non-hydrogen) atoms. The molecule has 0 fully saturated rings. The van der Waals surface area contributed by atoms with Gasteiger partial charge in [0.15, 0.2) is 0 Å². The largest absolute Gasteiger partial charge is 0.496 e. The van der Waals surface area contributed by atoms with Crippen molar-refractivity contribution in [3.05, 3.63) is 59.7 Å². The molecule has 0 aliphatic carbocycles. The first kappa shape index (κ1) is 14.6. The fourth-order valence-electron chi connectivity index (χ4n) is 1.82. The molecule has 0 heterocycles. The van der Waals surface area contributed by atoms with Crippen LogP contribution in [0.2, 0.25) is 0 Å². The molecule has 0 bridgehead atoms. The van der Waals surface area contributed by atoms with Crippen molar-refractivity contribution in [1.29, 1.82) is 0 Å². The van der Waals surface area contributed by atoms with E-state index in [2.05, 4.69) is 0 Å². The summed E-state index contributed by atoms with van der Waals surface area (Å²) in [6.07, 6.45) is 0. The Kier molecular flexibility index (Phi) is 4.56. The molecule has 2 aromatic rings. The molecule has 0 unspecified atom stereocenters. The number of ether oxygens (including phenoxy) is 3. The maximum atomic E-state index is 12.2. The van der Waals surface area contributed by atoms with E-state index in [0.29, 0.717) is 5.56 Å². The van der Waals surface area contributed by atoms with E-state index in [0.717, 1.165) is 0 Å². The number of carbonyl (C=O) groups is 2. The lowest BCUT2D eigenvalue weighted by Crippen LogP contribution is -2.14. The number of hydrogen-bond donors (Lipinski definition) is 0.